The Morgan fingerprint density at radius 1 is 1.38 bits per heavy atom. The van der Waals surface area contributed by atoms with Gasteiger partial charge >= 0.3 is 0 Å². The van der Waals surface area contributed by atoms with Gasteiger partial charge in [0.1, 0.15) is 10.6 Å². The molecule has 2 aromatic rings. The van der Waals surface area contributed by atoms with Crippen LogP contribution < -0.4 is 14.8 Å². The van der Waals surface area contributed by atoms with Gasteiger partial charge in [0.05, 0.1) is 11.5 Å². The number of hydrogen-bond donors (Lipinski definition) is 2. The Hall–Kier alpha value is -3.03. The molecular formula is C19H27N5O7S. The van der Waals surface area contributed by atoms with Gasteiger partial charge in [0, 0.05) is 44.4 Å². The molecule has 0 saturated carbocycles. The SMILES string of the molecule is CC[C@@H](C)NS(=O)(=O)c1cc([N+](=O)[O-])ccc1Oc1c(C)c(C(=O)NCCOC)nn1C. The second-order valence-corrected chi connectivity index (χ2v) is 8.75. The fraction of sp³-hybridized carbons (Fsp3) is 0.474. The monoisotopic (exact) mass is 469 g/mol. The number of nitro groups is 1. The van der Waals surface area contributed by atoms with Gasteiger partial charge in [0.2, 0.25) is 15.9 Å². The van der Waals surface area contributed by atoms with E-state index in [1.165, 1.54) is 24.9 Å². The van der Waals surface area contributed by atoms with Gasteiger partial charge in [-0.2, -0.15) is 5.10 Å². The number of amides is 1. The Morgan fingerprint density at radius 3 is 2.66 bits per heavy atom. The van der Waals surface area contributed by atoms with E-state index in [2.05, 4.69) is 15.1 Å². The molecule has 1 heterocycles. The third-order valence-electron chi connectivity index (χ3n) is 4.63. The largest absolute Gasteiger partial charge is 0.438 e. The average Bonchev–Trinajstić information content (AvgIpc) is 3.01. The zero-order chi connectivity index (χ0) is 24.1. The molecular weight excluding hydrogens is 442 g/mol. The highest BCUT2D eigenvalue weighted by atomic mass is 32.2. The summed E-state index contributed by atoms with van der Waals surface area (Å²) in [6.45, 7) is 5.69. The molecule has 0 saturated heterocycles. The average molecular weight is 470 g/mol. The number of nitro benzene ring substituents is 1. The first kappa shape index (κ1) is 25.2. The van der Waals surface area contributed by atoms with Gasteiger partial charge in [-0.1, -0.05) is 6.92 Å². The van der Waals surface area contributed by atoms with Crippen molar-refractivity contribution in [2.75, 3.05) is 20.3 Å². The van der Waals surface area contributed by atoms with Crippen LogP contribution in [0.3, 0.4) is 0 Å². The van der Waals surface area contributed by atoms with Crippen LogP contribution >= 0.6 is 0 Å². The molecule has 0 aliphatic carbocycles. The van der Waals surface area contributed by atoms with Crippen LogP contribution in [-0.4, -0.2) is 55.3 Å². The van der Waals surface area contributed by atoms with Crippen molar-refractivity contribution in [1.82, 2.24) is 19.8 Å². The smallest absolute Gasteiger partial charge is 0.272 e. The van der Waals surface area contributed by atoms with Gasteiger partial charge in [-0.15, -0.1) is 0 Å². The number of carbonyl (C=O) groups is 1. The van der Waals surface area contributed by atoms with E-state index < -0.39 is 37.5 Å². The summed E-state index contributed by atoms with van der Waals surface area (Å²) in [7, 11) is -1.09. The van der Waals surface area contributed by atoms with Crippen LogP contribution in [0.15, 0.2) is 23.1 Å². The molecule has 0 aliphatic rings. The summed E-state index contributed by atoms with van der Waals surface area (Å²) < 4.78 is 40.3. The van der Waals surface area contributed by atoms with E-state index in [1.807, 2.05) is 0 Å². The lowest BCUT2D eigenvalue weighted by molar-refractivity contribution is -0.385. The molecule has 1 atom stereocenters. The number of sulfonamides is 1. The molecule has 13 heteroatoms. The van der Waals surface area contributed by atoms with Gasteiger partial charge in [0.15, 0.2) is 5.69 Å². The van der Waals surface area contributed by atoms with Gasteiger partial charge < -0.3 is 14.8 Å². The van der Waals surface area contributed by atoms with Crippen LogP contribution in [0.1, 0.15) is 36.3 Å². The highest BCUT2D eigenvalue weighted by Crippen LogP contribution is 2.34. The molecule has 1 aromatic heterocycles. The normalized spacial score (nSPS) is 12.4. The molecule has 176 valence electrons. The van der Waals surface area contributed by atoms with Crippen molar-refractivity contribution in [3.63, 3.8) is 0 Å². The fourth-order valence-corrected chi connectivity index (χ4v) is 4.22. The summed E-state index contributed by atoms with van der Waals surface area (Å²) in [6.07, 6.45) is 0.521. The maximum Gasteiger partial charge on any atom is 0.272 e. The molecule has 0 aliphatic heterocycles. The van der Waals surface area contributed by atoms with Crippen molar-refractivity contribution < 1.29 is 27.6 Å². The number of aryl methyl sites for hydroxylation is 1. The number of benzene rings is 1. The molecule has 12 nitrogen and oxygen atoms in total. The summed E-state index contributed by atoms with van der Waals surface area (Å²) in [5, 5.41) is 18.0. The number of non-ortho nitro benzene ring substituents is 1. The van der Waals surface area contributed by atoms with Gasteiger partial charge in [0.25, 0.3) is 11.6 Å². The number of rotatable bonds is 11. The Morgan fingerprint density at radius 2 is 2.06 bits per heavy atom. The Balaban J connectivity index is 2.47. The van der Waals surface area contributed by atoms with Crippen LogP contribution in [0, 0.1) is 17.0 Å². The van der Waals surface area contributed by atoms with Crippen molar-refractivity contribution in [3.05, 3.63) is 39.6 Å². The van der Waals surface area contributed by atoms with Crippen LogP contribution in [0.4, 0.5) is 5.69 Å². The second-order valence-electron chi connectivity index (χ2n) is 7.07. The quantitative estimate of drug-likeness (QED) is 0.287. The summed E-state index contributed by atoms with van der Waals surface area (Å²) in [6, 6.07) is 2.88. The number of methoxy groups -OCH3 is 1. The number of aromatic nitrogens is 2. The lowest BCUT2D eigenvalue weighted by atomic mass is 10.2. The minimum absolute atomic E-state index is 0.0997. The summed E-state index contributed by atoms with van der Waals surface area (Å²) >= 11 is 0. The van der Waals surface area contributed by atoms with E-state index in [9.17, 15) is 23.3 Å². The van der Waals surface area contributed by atoms with E-state index in [1.54, 1.807) is 20.8 Å². The van der Waals surface area contributed by atoms with Crippen molar-refractivity contribution in [2.24, 2.45) is 7.05 Å². The molecule has 0 unspecified atom stereocenters. The maximum atomic E-state index is 12.9. The summed E-state index contributed by atoms with van der Waals surface area (Å²) in [5.74, 6) is -0.459. The predicted octanol–water partition coefficient (Wildman–Crippen LogP) is 1.88. The first-order chi connectivity index (χ1) is 15.0. The van der Waals surface area contributed by atoms with E-state index in [-0.39, 0.29) is 23.9 Å². The first-order valence-corrected chi connectivity index (χ1v) is 11.3. The predicted molar refractivity (Wildman–Crippen MR) is 115 cm³/mol. The fourth-order valence-electron chi connectivity index (χ4n) is 2.74. The molecule has 2 N–H and O–H groups in total. The maximum absolute atomic E-state index is 12.9. The Bertz CT molecular complexity index is 1100. The number of ether oxygens (including phenoxy) is 2. The van der Waals surface area contributed by atoms with Crippen molar-refractivity contribution in [2.45, 2.75) is 38.1 Å². The first-order valence-electron chi connectivity index (χ1n) is 9.81. The van der Waals surface area contributed by atoms with Crippen molar-refractivity contribution >= 4 is 21.6 Å². The molecule has 1 aromatic carbocycles. The lowest BCUT2D eigenvalue weighted by Crippen LogP contribution is -2.32. The second kappa shape index (κ2) is 10.5. The summed E-state index contributed by atoms with van der Waals surface area (Å²) in [5.41, 5.74) is 0.0727. The zero-order valence-electron chi connectivity index (χ0n) is 18.5. The Kier molecular flexibility index (Phi) is 8.30. The molecule has 0 radical (unpaired) electrons. The van der Waals surface area contributed by atoms with Crippen LogP contribution in [-0.2, 0) is 21.8 Å². The van der Waals surface area contributed by atoms with E-state index in [4.69, 9.17) is 9.47 Å². The van der Waals surface area contributed by atoms with Crippen molar-refractivity contribution in [1.29, 1.82) is 0 Å². The molecule has 0 spiro atoms. The lowest BCUT2D eigenvalue weighted by Gasteiger charge is -2.15. The minimum Gasteiger partial charge on any atom is -0.438 e. The third-order valence-corrected chi connectivity index (χ3v) is 6.24. The van der Waals surface area contributed by atoms with Crippen molar-refractivity contribution in [3.8, 4) is 11.6 Å². The molecule has 0 bridgehead atoms. The zero-order valence-corrected chi connectivity index (χ0v) is 19.4. The van der Waals surface area contributed by atoms with E-state index in [0.717, 1.165) is 12.1 Å². The highest BCUT2D eigenvalue weighted by molar-refractivity contribution is 7.89. The summed E-state index contributed by atoms with van der Waals surface area (Å²) in [4.78, 5) is 22.5. The van der Waals surface area contributed by atoms with Crippen LogP contribution in [0.2, 0.25) is 0 Å². The van der Waals surface area contributed by atoms with Gasteiger partial charge in [-0.3, -0.25) is 14.9 Å². The van der Waals surface area contributed by atoms with Gasteiger partial charge in [-0.05, 0) is 26.3 Å². The molecule has 1 amide bonds. The Labute approximate surface area is 186 Å². The molecule has 0 fully saturated rings. The number of nitrogens with zero attached hydrogens (tertiary/aromatic N) is 3. The third kappa shape index (κ3) is 5.81. The van der Waals surface area contributed by atoms with E-state index >= 15 is 0 Å². The van der Waals surface area contributed by atoms with Gasteiger partial charge in [-0.25, -0.2) is 17.8 Å². The van der Waals surface area contributed by atoms with E-state index in [0.29, 0.717) is 18.6 Å². The standard InChI is InChI=1S/C19H27N5O7S/c1-6-12(2)22-32(28,29)16-11-14(24(26)27)7-8-15(16)31-19-13(3)17(21-23(19)4)18(25)20-9-10-30-5/h7-8,11-12,22H,6,9-10H2,1-5H3,(H,20,25)/t12-/m1/s1. The molecule has 2 rings (SSSR count). The van der Waals surface area contributed by atoms with Crippen LogP contribution in [0.25, 0.3) is 0 Å². The minimum atomic E-state index is -4.13. The number of nitrogens with one attached hydrogen (secondary N) is 2. The van der Waals surface area contributed by atoms with Crippen LogP contribution in [0.5, 0.6) is 11.6 Å². The topological polar surface area (TPSA) is 155 Å². The highest BCUT2D eigenvalue weighted by Gasteiger charge is 2.27. The molecule has 32 heavy (non-hydrogen) atoms. The number of hydrogen-bond acceptors (Lipinski definition) is 8. The number of carbonyl (C=O) groups excluding carboxylic acids is 1.